The van der Waals surface area contributed by atoms with Gasteiger partial charge in [-0.15, -0.1) is 11.3 Å². The van der Waals surface area contributed by atoms with Gasteiger partial charge in [0.2, 0.25) is 5.56 Å². The number of carbonyl (C=O) groups excluding carboxylic acids is 1. The molecule has 0 aliphatic carbocycles. The third-order valence-electron chi connectivity index (χ3n) is 4.47. The number of H-pyrrole nitrogens is 1. The van der Waals surface area contributed by atoms with Gasteiger partial charge >= 0.3 is 0 Å². The van der Waals surface area contributed by atoms with Crippen LogP contribution in [0.15, 0.2) is 22.6 Å². The van der Waals surface area contributed by atoms with Crippen molar-refractivity contribution in [3.63, 3.8) is 0 Å². The number of nitrogens with zero attached hydrogens (tertiary/aromatic N) is 2. The van der Waals surface area contributed by atoms with Crippen LogP contribution in [0.3, 0.4) is 0 Å². The molecule has 6 nitrogen and oxygen atoms in total. The van der Waals surface area contributed by atoms with Gasteiger partial charge in [0.25, 0.3) is 5.91 Å². The van der Waals surface area contributed by atoms with Gasteiger partial charge in [-0.1, -0.05) is 0 Å². The second-order valence-corrected chi connectivity index (χ2v) is 7.24. The molecule has 1 saturated heterocycles. The number of rotatable bonds is 5. The van der Waals surface area contributed by atoms with Crippen LogP contribution < -0.4 is 10.9 Å². The fraction of sp³-hybridized carbons (Fsp3) is 0.471. The minimum Gasteiger partial charge on any atom is -0.333 e. The van der Waals surface area contributed by atoms with Gasteiger partial charge < -0.3 is 15.2 Å². The van der Waals surface area contributed by atoms with Crippen LogP contribution in [-0.4, -0.2) is 40.4 Å². The Balaban J connectivity index is 1.85. The molecule has 1 atom stereocenters. The molecule has 2 aromatic rings. The highest BCUT2D eigenvalue weighted by Crippen LogP contribution is 2.20. The lowest BCUT2D eigenvalue weighted by Crippen LogP contribution is -2.36. The first kappa shape index (κ1) is 16.9. The largest absolute Gasteiger partial charge is 0.333 e. The van der Waals surface area contributed by atoms with E-state index >= 15 is 0 Å². The first-order chi connectivity index (χ1) is 11.5. The van der Waals surface area contributed by atoms with E-state index in [1.807, 2.05) is 17.3 Å². The van der Waals surface area contributed by atoms with E-state index < -0.39 is 0 Å². The van der Waals surface area contributed by atoms with Gasteiger partial charge in [-0.05, 0) is 44.8 Å². The lowest BCUT2D eigenvalue weighted by Gasteiger charge is -2.26. The standard InChI is InChI=1S/C17H22N4O2S/c1-11-5-16(22)19-7-14(11)17(23)21(8-13-3-4-18-6-13)9-15-12(2)20-10-24-15/h5,7,10,13,18H,3-4,6,8-9H2,1-2H3,(H,19,22). The molecule has 3 rings (SSSR count). The van der Waals surface area contributed by atoms with Gasteiger partial charge in [-0.3, -0.25) is 9.59 Å². The summed E-state index contributed by atoms with van der Waals surface area (Å²) in [6.45, 7) is 6.98. The second-order valence-electron chi connectivity index (χ2n) is 6.30. The fourth-order valence-corrected chi connectivity index (χ4v) is 3.82. The average molecular weight is 346 g/mol. The van der Waals surface area contributed by atoms with E-state index in [1.54, 1.807) is 18.3 Å². The Morgan fingerprint density at radius 2 is 2.29 bits per heavy atom. The number of hydrogen-bond acceptors (Lipinski definition) is 5. The molecule has 2 aromatic heterocycles. The van der Waals surface area contributed by atoms with Crippen molar-refractivity contribution < 1.29 is 4.79 Å². The highest BCUT2D eigenvalue weighted by molar-refractivity contribution is 7.09. The zero-order valence-electron chi connectivity index (χ0n) is 14.0. The number of nitrogens with one attached hydrogen (secondary N) is 2. The summed E-state index contributed by atoms with van der Waals surface area (Å²) >= 11 is 1.58. The summed E-state index contributed by atoms with van der Waals surface area (Å²) in [5, 5.41) is 3.35. The van der Waals surface area contributed by atoms with E-state index in [0.717, 1.165) is 30.1 Å². The Hall–Kier alpha value is -1.99. The van der Waals surface area contributed by atoms with Gasteiger partial charge in [-0.25, -0.2) is 4.98 Å². The molecule has 3 heterocycles. The van der Waals surface area contributed by atoms with Crippen molar-refractivity contribution in [3.8, 4) is 0 Å². The predicted molar refractivity (Wildman–Crippen MR) is 94.4 cm³/mol. The molecule has 0 radical (unpaired) electrons. The minimum absolute atomic E-state index is 0.0385. The monoisotopic (exact) mass is 346 g/mol. The van der Waals surface area contributed by atoms with Crippen LogP contribution >= 0.6 is 11.3 Å². The number of carbonyl (C=O) groups is 1. The number of amides is 1. The Morgan fingerprint density at radius 1 is 1.46 bits per heavy atom. The summed E-state index contributed by atoms with van der Waals surface area (Å²) < 4.78 is 0. The molecule has 1 aliphatic rings. The molecule has 0 saturated carbocycles. The highest BCUT2D eigenvalue weighted by Gasteiger charge is 2.25. The molecule has 2 N–H and O–H groups in total. The van der Waals surface area contributed by atoms with E-state index in [2.05, 4.69) is 15.3 Å². The molecule has 1 amide bonds. The Labute approximate surface area is 144 Å². The van der Waals surface area contributed by atoms with Crippen molar-refractivity contribution >= 4 is 17.2 Å². The Bertz CT molecular complexity index is 777. The van der Waals surface area contributed by atoms with E-state index in [-0.39, 0.29) is 11.5 Å². The maximum atomic E-state index is 13.1. The van der Waals surface area contributed by atoms with Crippen LogP contribution in [0, 0.1) is 19.8 Å². The van der Waals surface area contributed by atoms with Crippen LogP contribution in [0.5, 0.6) is 0 Å². The molecule has 1 fully saturated rings. The molecule has 0 spiro atoms. The molecular formula is C17H22N4O2S. The summed E-state index contributed by atoms with van der Waals surface area (Å²) in [6.07, 6.45) is 2.61. The Morgan fingerprint density at radius 3 is 2.92 bits per heavy atom. The minimum atomic E-state index is -0.186. The van der Waals surface area contributed by atoms with Crippen molar-refractivity contribution in [2.75, 3.05) is 19.6 Å². The summed E-state index contributed by atoms with van der Waals surface area (Å²) in [7, 11) is 0. The van der Waals surface area contributed by atoms with Crippen LogP contribution in [0.4, 0.5) is 0 Å². The zero-order valence-corrected chi connectivity index (χ0v) is 14.8. The third-order valence-corrected chi connectivity index (χ3v) is 5.39. The molecule has 7 heteroatoms. The predicted octanol–water partition coefficient (Wildman–Crippen LogP) is 1.70. The van der Waals surface area contributed by atoms with Crippen molar-refractivity contribution in [1.82, 2.24) is 20.2 Å². The van der Waals surface area contributed by atoms with Gasteiger partial charge in [0.05, 0.1) is 23.3 Å². The van der Waals surface area contributed by atoms with Crippen LogP contribution in [0.25, 0.3) is 0 Å². The topological polar surface area (TPSA) is 78.1 Å². The van der Waals surface area contributed by atoms with E-state index in [1.165, 1.54) is 12.3 Å². The van der Waals surface area contributed by atoms with Crippen molar-refractivity contribution in [2.24, 2.45) is 5.92 Å². The second kappa shape index (κ2) is 7.27. The lowest BCUT2D eigenvalue weighted by atomic mass is 10.1. The first-order valence-electron chi connectivity index (χ1n) is 8.13. The number of thiazole rings is 1. The lowest BCUT2D eigenvalue weighted by molar-refractivity contribution is 0.0719. The summed E-state index contributed by atoms with van der Waals surface area (Å²) in [5.41, 5.74) is 3.87. The van der Waals surface area contributed by atoms with Crippen LogP contribution in [-0.2, 0) is 6.54 Å². The molecule has 24 heavy (non-hydrogen) atoms. The number of pyridine rings is 1. The van der Waals surface area contributed by atoms with Gasteiger partial charge in [0.1, 0.15) is 0 Å². The fourth-order valence-electron chi connectivity index (χ4n) is 3.03. The summed E-state index contributed by atoms with van der Waals surface area (Å²) in [6, 6.07) is 1.47. The molecule has 0 bridgehead atoms. The Kier molecular flexibility index (Phi) is 5.11. The molecule has 0 aromatic carbocycles. The van der Waals surface area contributed by atoms with E-state index in [0.29, 0.717) is 30.1 Å². The number of hydrogen-bond donors (Lipinski definition) is 2. The molecular weight excluding hydrogens is 324 g/mol. The maximum absolute atomic E-state index is 13.1. The molecule has 128 valence electrons. The smallest absolute Gasteiger partial charge is 0.255 e. The summed E-state index contributed by atoms with van der Waals surface area (Å²) in [5.74, 6) is 0.425. The zero-order chi connectivity index (χ0) is 17.1. The quantitative estimate of drug-likeness (QED) is 0.864. The van der Waals surface area contributed by atoms with Gasteiger partial charge in [-0.2, -0.15) is 0 Å². The number of aromatic amines is 1. The van der Waals surface area contributed by atoms with Crippen LogP contribution in [0.1, 0.15) is 32.9 Å². The summed E-state index contributed by atoms with van der Waals surface area (Å²) in [4.78, 5) is 34.4. The van der Waals surface area contributed by atoms with Crippen molar-refractivity contribution in [3.05, 3.63) is 49.8 Å². The molecule has 1 aliphatic heterocycles. The van der Waals surface area contributed by atoms with E-state index in [9.17, 15) is 9.59 Å². The van der Waals surface area contributed by atoms with E-state index in [4.69, 9.17) is 0 Å². The number of aromatic nitrogens is 2. The number of aryl methyl sites for hydroxylation is 2. The highest BCUT2D eigenvalue weighted by atomic mass is 32.1. The first-order valence-corrected chi connectivity index (χ1v) is 9.01. The van der Waals surface area contributed by atoms with Crippen LogP contribution in [0.2, 0.25) is 0 Å². The molecule has 1 unspecified atom stereocenters. The SMILES string of the molecule is Cc1cc(=O)[nH]cc1C(=O)N(Cc1scnc1C)CC1CCNC1. The normalized spacial score (nSPS) is 17.2. The van der Waals surface area contributed by atoms with Crippen molar-refractivity contribution in [2.45, 2.75) is 26.8 Å². The van der Waals surface area contributed by atoms with Crippen molar-refractivity contribution in [1.29, 1.82) is 0 Å². The average Bonchev–Trinajstić information content (AvgIpc) is 3.18. The third kappa shape index (κ3) is 3.73. The van der Waals surface area contributed by atoms with Gasteiger partial charge in [0, 0.05) is 23.7 Å². The maximum Gasteiger partial charge on any atom is 0.255 e. The van der Waals surface area contributed by atoms with Gasteiger partial charge in [0.15, 0.2) is 0 Å².